The van der Waals surface area contributed by atoms with E-state index in [-0.39, 0.29) is 6.04 Å². The van der Waals surface area contributed by atoms with Gasteiger partial charge in [-0.1, -0.05) is 0 Å². The standard InChI is InChI=1S/C13H12F2N2/c1-16-13(9-2-4-17-5-3-9)10-6-11(14)8-12(15)7-10/h2-8,13,16H,1H3. The van der Waals surface area contributed by atoms with Crippen LogP contribution in [0.25, 0.3) is 0 Å². The molecule has 0 aliphatic carbocycles. The quantitative estimate of drug-likeness (QED) is 0.883. The van der Waals surface area contributed by atoms with Crippen molar-refractivity contribution < 1.29 is 8.78 Å². The van der Waals surface area contributed by atoms with Crippen LogP contribution >= 0.6 is 0 Å². The average Bonchev–Trinajstić information content (AvgIpc) is 2.30. The van der Waals surface area contributed by atoms with Crippen molar-refractivity contribution in [1.29, 1.82) is 0 Å². The van der Waals surface area contributed by atoms with Gasteiger partial charge in [-0.3, -0.25) is 4.98 Å². The zero-order valence-electron chi connectivity index (χ0n) is 9.32. The van der Waals surface area contributed by atoms with Crippen LogP contribution in [0.4, 0.5) is 8.78 Å². The Morgan fingerprint density at radius 3 is 2.12 bits per heavy atom. The molecule has 88 valence electrons. The number of pyridine rings is 1. The second-order valence-corrected chi connectivity index (χ2v) is 3.71. The first kappa shape index (κ1) is 11.7. The lowest BCUT2D eigenvalue weighted by Gasteiger charge is -2.17. The van der Waals surface area contributed by atoms with E-state index in [1.807, 2.05) is 12.1 Å². The summed E-state index contributed by atoms with van der Waals surface area (Å²) in [4.78, 5) is 3.91. The van der Waals surface area contributed by atoms with Crippen molar-refractivity contribution in [3.8, 4) is 0 Å². The number of nitrogens with one attached hydrogen (secondary N) is 1. The molecule has 1 atom stereocenters. The molecule has 0 bridgehead atoms. The molecule has 2 aromatic rings. The van der Waals surface area contributed by atoms with Crippen molar-refractivity contribution in [2.75, 3.05) is 7.05 Å². The Bertz CT molecular complexity index is 480. The highest BCUT2D eigenvalue weighted by Gasteiger charge is 2.13. The van der Waals surface area contributed by atoms with Gasteiger partial charge in [0.25, 0.3) is 0 Å². The molecule has 1 unspecified atom stereocenters. The minimum Gasteiger partial charge on any atom is -0.309 e. The zero-order chi connectivity index (χ0) is 12.3. The number of hydrogen-bond acceptors (Lipinski definition) is 2. The van der Waals surface area contributed by atoms with Crippen molar-refractivity contribution in [3.63, 3.8) is 0 Å². The van der Waals surface area contributed by atoms with E-state index in [1.54, 1.807) is 19.4 Å². The van der Waals surface area contributed by atoms with Crippen LogP contribution in [-0.4, -0.2) is 12.0 Å². The third-order valence-corrected chi connectivity index (χ3v) is 2.55. The van der Waals surface area contributed by atoms with E-state index in [9.17, 15) is 8.78 Å². The highest BCUT2D eigenvalue weighted by Crippen LogP contribution is 2.22. The fourth-order valence-electron chi connectivity index (χ4n) is 1.82. The molecule has 0 fully saturated rings. The Hall–Kier alpha value is -1.81. The van der Waals surface area contributed by atoms with Gasteiger partial charge in [-0.25, -0.2) is 8.78 Å². The van der Waals surface area contributed by atoms with Crippen LogP contribution in [0, 0.1) is 11.6 Å². The average molecular weight is 234 g/mol. The molecule has 4 heteroatoms. The van der Waals surface area contributed by atoms with Gasteiger partial charge in [0.2, 0.25) is 0 Å². The Kier molecular flexibility index (Phi) is 3.44. The van der Waals surface area contributed by atoms with Gasteiger partial charge in [-0.05, 0) is 42.4 Å². The topological polar surface area (TPSA) is 24.9 Å². The van der Waals surface area contributed by atoms with Crippen LogP contribution in [0.3, 0.4) is 0 Å². The normalized spacial score (nSPS) is 12.4. The predicted molar refractivity (Wildman–Crippen MR) is 61.5 cm³/mol. The molecule has 0 aliphatic heterocycles. The van der Waals surface area contributed by atoms with Gasteiger partial charge >= 0.3 is 0 Å². The van der Waals surface area contributed by atoms with Crippen LogP contribution in [-0.2, 0) is 0 Å². The maximum absolute atomic E-state index is 13.2. The van der Waals surface area contributed by atoms with Crippen LogP contribution in [0.2, 0.25) is 0 Å². The van der Waals surface area contributed by atoms with E-state index in [1.165, 1.54) is 12.1 Å². The summed E-state index contributed by atoms with van der Waals surface area (Å²) in [5, 5.41) is 3.03. The molecule has 0 saturated carbocycles. The summed E-state index contributed by atoms with van der Waals surface area (Å²) in [6.45, 7) is 0. The molecule has 1 heterocycles. The molecule has 2 nitrogen and oxygen atoms in total. The van der Waals surface area contributed by atoms with Gasteiger partial charge in [0, 0.05) is 18.5 Å². The summed E-state index contributed by atoms with van der Waals surface area (Å²) < 4.78 is 26.3. The molecule has 1 aromatic heterocycles. The number of halogens is 2. The fraction of sp³-hybridized carbons (Fsp3) is 0.154. The number of nitrogens with zero attached hydrogens (tertiary/aromatic N) is 1. The van der Waals surface area contributed by atoms with E-state index in [0.717, 1.165) is 11.6 Å². The number of benzene rings is 1. The third-order valence-electron chi connectivity index (χ3n) is 2.55. The Balaban J connectivity index is 2.42. The van der Waals surface area contributed by atoms with E-state index in [2.05, 4.69) is 10.3 Å². The summed E-state index contributed by atoms with van der Waals surface area (Å²) in [5.41, 5.74) is 1.46. The summed E-state index contributed by atoms with van der Waals surface area (Å²) in [6.07, 6.45) is 3.30. The smallest absolute Gasteiger partial charge is 0.126 e. The minimum atomic E-state index is -0.575. The largest absolute Gasteiger partial charge is 0.309 e. The molecule has 0 saturated heterocycles. The van der Waals surface area contributed by atoms with Gasteiger partial charge in [0.1, 0.15) is 11.6 Å². The Morgan fingerprint density at radius 2 is 1.59 bits per heavy atom. The van der Waals surface area contributed by atoms with Gasteiger partial charge < -0.3 is 5.32 Å². The van der Waals surface area contributed by atoms with Crippen LogP contribution in [0.5, 0.6) is 0 Å². The van der Waals surface area contributed by atoms with Gasteiger partial charge in [0.15, 0.2) is 0 Å². The van der Waals surface area contributed by atoms with Crippen molar-refractivity contribution in [3.05, 3.63) is 65.5 Å². The molecule has 1 aromatic carbocycles. The minimum absolute atomic E-state index is 0.247. The first-order valence-electron chi connectivity index (χ1n) is 5.24. The third kappa shape index (κ3) is 2.65. The van der Waals surface area contributed by atoms with Gasteiger partial charge in [-0.2, -0.15) is 0 Å². The maximum atomic E-state index is 13.2. The molecule has 0 aliphatic rings. The molecule has 2 rings (SSSR count). The lowest BCUT2D eigenvalue weighted by atomic mass is 10.00. The van der Waals surface area contributed by atoms with Crippen molar-refractivity contribution >= 4 is 0 Å². The van der Waals surface area contributed by atoms with Crippen molar-refractivity contribution in [2.45, 2.75) is 6.04 Å². The molecule has 0 amide bonds. The number of aromatic nitrogens is 1. The SMILES string of the molecule is CNC(c1ccncc1)c1cc(F)cc(F)c1. The van der Waals surface area contributed by atoms with Crippen LogP contribution in [0.15, 0.2) is 42.7 Å². The summed E-state index contributed by atoms with van der Waals surface area (Å²) in [6, 6.07) is 6.88. The van der Waals surface area contributed by atoms with Crippen LogP contribution in [0.1, 0.15) is 17.2 Å². The monoisotopic (exact) mass is 234 g/mol. The highest BCUT2D eigenvalue weighted by atomic mass is 19.1. The lowest BCUT2D eigenvalue weighted by molar-refractivity contribution is 0.571. The summed E-state index contributed by atoms with van der Waals surface area (Å²) >= 11 is 0. The highest BCUT2D eigenvalue weighted by molar-refractivity contribution is 5.31. The number of hydrogen-bond donors (Lipinski definition) is 1. The molecule has 0 spiro atoms. The lowest BCUT2D eigenvalue weighted by Crippen LogP contribution is -2.18. The molecular weight excluding hydrogens is 222 g/mol. The maximum Gasteiger partial charge on any atom is 0.126 e. The van der Waals surface area contributed by atoms with Crippen molar-refractivity contribution in [1.82, 2.24) is 10.3 Å². The number of rotatable bonds is 3. The second kappa shape index (κ2) is 5.01. The summed E-state index contributed by atoms with van der Waals surface area (Å²) in [5.74, 6) is -1.15. The van der Waals surface area contributed by atoms with E-state index >= 15 is 0 Å². The van der Waals surface area contributed by atoms with E-state index in [4.69, 9.17) is 0 Å². The zero-order valence-corrected chi connectivity index (χ0v) is 9.32. The molecule has 17 heavy (non-hydrogen) atoms. The molecule has 0 radical (unpaired) electrons. The summed E-state index contributed by atoms with van der Waals surface area (Å²) in [7, 11) is 1.74. The fourth-order valence-corrected chi connectivity index (χ4v) is 1.82. The molecular formula is C13H12F2N2. The van der Waals surface area contributed by atoms with E-state index in [0.29, 0.717) is 5.56 Å². The molecule has 1 N–H and O–H groups in total. The first-order chi connectivity index (χ1) is 8.20. The Labute approximate surface area is 98.3 Å². The second-order valence-electron chi connectivity index (χ2n) is 3.71. The van der Waals surface area contributed by atoms with Crippen molar-refractivity contribution in [2.24, 2.45) is 0 Å². The van der Waals surface area contributed by atoms with Crippen LogP contribution < -0.4 is 5.32 Å². The Morgan fingerprint density at radius 1 is 1.00 bits per heavy atom. The van der Waals surface area contributed by atoms with E-state index < -0.39 is 11.6 Å². The predicted octanol–water partition coefficient (Wildman–Crippen LogP) is 2.67. The first-order valence-corrected chi connectivity index (χ1v) is 5.24. The van der Waals surface area contributed by atoms with Gasteiger partial charge in [0.05, 0.1) is 6.04 Å². The van der Waals surface area contributed by atoms with Gasteiger partial charge in [-0.15, -0.1) is 0 Å².